The summed E-state index contributed by atoms with van der Waals surface area (Å²) in [5, 5.41) is 11.0. The van der Waals surface area contributed by atoms with E-state index in [9.17, 15) is 14.7 Å². The fourth-order valence-corrected chi connectivity index (χ4v) is 3.93. The maximum Gasteiger partial charge on any atom is 0.296 e. The molecule has 2 aromatic carbocycles. The van der Waals surface area contributed by atoms with Gasteiger partial charge in [0.25, 0.3) is 11.7 Å². The van der Waals surface area contributed by atoms with Crippen LogP contribution in [0.25, 0.3) is 5.76 Å². The average Bonchev–Trinajstić information content (AvgIpc) is 3.55. The van der Waals surface area contributed by atoms with E-state index in [0.717, 1.165) is 5.56 Å². The summed E-state index contributed by atoms with van der Waals surface area (Å²) in [6.45, 7) is 0.254. The van der Waals surface area contributed by atoms with Crippen molar-refractivity contribution in [3.05, 3.63) is 83.3 Å². The largest absolute Gasteiger partial charge is 0.507 e. The molecule has 1 saturated heterocycles. The predicted molar refractivity (Wildman–Crippen MR) is 112 cm³/mol. The summed E-state index contributed by atoms with van der Waals surface area (Å²) < 4.78 is 21.4. The molecule has 1 atom stereocenters. The number of ketones is 1. The van der Waals surface area contributed by atoms with E-state index in [2.05, 4.69) is 0 Å². The van der Waals surface area contributed by atoms with Crippen molar-refractivity contribution in [1.29, 1.82) is 0 Å². The lowest BCUT2D eigenvalue weighted by atomic mass is 9.99. The fourth-order valence-electron chi connectivity index (χ4n) is 3.93. The van der Waals surface area contributed by atoms with Gasteiger partial charge in [0.1, 0.15) is 23.3 Å². The zero-order valence-electron chi connectivity index (χ0n) is 17.1. The number of carbonyl (C=O) groups excluding carboxylic acids is 2. The quantitative estimate of drug-likeness (QED) is 0.373. The number of rotatable bonds is 5. The van der Waals surface area contributed by atoms with Crippen LogP contribution in [0.15, 0.2) is 70.9 Å². The van der Waals surface area contributed by atoms with Crippen molar-refractivity contribution in [2.45, 2.75) is 12.6 Å². The van der Waals surface area contributed by atoms with Crippen molar-refractivity contribution in [3.8, 4) is 17.2 Å². The zero-order valence-corrected chi connectivity index (χ0v) is 17.1. The molecule has 2 aliphatic rings. The molecule has 2 aliphatic heterocycles. The van der Waals surface area contributed by atoms with Gasteiger partial charge in [-0.25, -0.2) is 0 Å². The minimum atomic E-state index is -0.877. The Balaban J connectivity index is 1.56. The second-order valence-electron chi connectivity index (χ2n) is 7.36. The molecule has 3 aromatic rings. The second-order valence-corrected chi connectivity index (χ2v) is 7.36. The third-order valence-corrected chi connectivity index (χ3v) is 5.51. The zero-order chi connectivity index (χ0) is 22.2. The smallest absolute Gasteiger partial charge is 0.296 e. The minimum Gasteiger partial charge on any atom is -0.507 e. The summed E-state index contributed by atoms with van der Waals surface area (Å²) in [5.41, 5.74) is 1.11. The van der Waals surface area contributed by atoms with Crippen LogP contribution in [0, 0.1) is 0 Å². The maximum atomic E-state index is 13.0. The molecule has 1 fully saturated rings. The topological polar surface area (TPSA) is 98.4 Å². The van der Waals surface area contributed by atoms with Gasteiger partial charge in [-0.3, -0.25) is 9.59 Å². The van der Waals surface area contributed by atoms with Crippen LogP contribution in [0.3, 0.4) is 0 Å². The summed E-state index contributed by atoms with van der Waals surface area (Å²) in [5.74, 6) is 0.400. The second kappa shape index (κ2) is 7.81. The number of hydrogen-bond donors (Lipinski definition) is 1. The standard InChI is InChI=1S/C24H19NO7/c1-29-16-7-5-15(6-8-16)22(26)20-21(18-3-2-10-30-18)25(24(28)23(20)27)12-14-4-9-17-19(11-14)32-13-31-17/h2-11,21,26H,12-13H2,1H3/b22-20-. The Morgan fingerprint density at radius 2 is 1.88 bits per heavy atom. The van der Waals surface area contributed by atoms with Crippen molar-refractivity contribution in [1.82, 2.24) is 4.90 Å². The van der Waals surface area contributed by atoms with Gasteiger partial charge < -0.3 is 28.6 Å². The van der Waals surface area contributed by atoms with Crippen LogP contribution in [0.5, 0.6) is 17.2 Å². The molecule has 0 spiro atoms. The fraction of sp³-hybridized carbons (Fsp3) is 0.167. The molecule has 0 radical (unpaired) electrons. The van der Waals surface area contributed by atoms with Crippen LogP contribution >= 0.6 is 0 Å². The Morgan fingerprint density at radius 1 is 1.09 bits per heavy atom. The van der Waals surface area contributed by atoms with E-state index in [0.29, 0.717) is 28.6 Å². The van der Waals surface area contributed by atoms with E-state index in [4.69, 9.17) is 18.6 Å². The van der Waals surface area contributed by atoms with Crippen molar-refractivity contribution in [2.75, 3.05) is 13.9 Å². The third-order valence-electron chi connectivity index (χ3n) is 5.51. The lowest BCUT2D eigenvalue weighted by Gasteiger charge is -2.23. The summed E-state index contributed by atoms with van der Waals surface area (Å²) in [4.78, 5) is 27.4. The molecular formula is C24H19NO7. The Bertz CT molecular complexity index is 1210. The molecule has 1 unspecified atom stereocenters. The predicted octanol–water partition coefficient (Wildman–Crippen LogP) is 3.64. The number of hydrogen-bond acceptors (Lipinski definition) is 7. The molecule has 0 aliphatic carbocycles. The number of fused-ring (bicyclic) bond motifs is 1. The Morgan fingerprint density at radius 3 is 2.59 bits per heavy atom. The molecular weight excluding hydrogens is 414 g/mol. The first-order chi connectivity index (χ1) is 15.6. The molecule has 32 heavy (non-hydrogen) atoms. The number of ether oxygens (including phenoxy) is 3. The summed E-state index contributed by atoms with van der Waals surface area (Å²) in [6, 6.07) is 14.4. The van der Waals surface area contributed by atoms with Crippen LogP contribution in [0.4, 0.5) is 0 Å². The van der Waals surface area contributed by atoms with E-state index in [-0.39, 0.29) is 24.7 Å². The van der Waals surface area contributed by atoms with E-state index in [1.807, 2.05) is 0 Å². The SMILES string of the molecule is COc1ccc(/C(O)=C2/C(=O)C(=O)N(Cc3ccc4c(c3)OCO4)C2c2ccco2)cc1. The number of methoxy groups -OCH3 is 1. The summed E-state index contributed by atoms with van der Waals surface area (Å²) in [6.07, 6.45) is 1.46. The number of carbonyl (C=O) groups is 2. The number of nitrogens with zero attached hydrogens (tertiary/aromatic N) is 1. The van der Waals surface area contributed by atoms with Crippen LogP contribution in [-0.2, 0) is 16.1 Å². The molecule has 5 rings (SSSR count). The highest BCUT2D eigenvalue weighted by Crippen LogP contribution is 2.41. The third kappa shape index (κ3) is 3.26. The molecule has 0 bridgehead atoms. The van der Waals surface area contributed by atoms with Gasteiger partial charge >= 0.3 is 0 Å². The maximum absolute atomic E-state index is 13.0. The number of amides is 1. The average molecular weight is 433 g/mol. The van der Waals surface area contributed by atoms with E-state index in [1.165, 1.54) is 18.3 Å². The molecule has 8 heteroatoms. The van der Waals surface area contributed by atoms with E-state index < -0.39 is 17.7 Å². The van der Waals surface area contributed by atoms with Gasteiger partial charge in [0.05, 0.1) is 18.9 Å². The first kappa shape index (κ1) is 19.7. The van der Waals surface area contributed by atoms with E-state index in [1.54, 1.807) is 54.6 Å². The molecule has 8 nitrogen and oxygen atoms in total. The normalized spacial score (nSPS) is 18.9. The van der Waals surface area contributed by atoms with Gasteiger partial charge in [-0.15, -0.1) is 0 Å². The first-order valence-electron chi connectivity index (χ1n) is 9.91. The molecule has 3 heterocycles. The molecule has 1 N–H and O–H groups in total. The van der Waals surface area contributed by atoms with Gasteiger partial charge in [0.15, 0.2) is 11.5 Å². The number of aliphatic hydroxyl groups is 1. The first-order valence-corrected chi connectivity index (χ1v) is 9.91. The molecule has 1 aromatic heterocycles. The van der Waals surface area contributed by atoms with Crippen LogP contribution in [-0.4, -0.2) is 35.6 Å². The van der Waals surface area contributed by atoms with Gasteiger partial charge in [0, 0.05) is 12.1 Å². The molecule has 1 amide bonds. The summed E-state index contributed by atoms with van der Waals surface area (Å²) >= 11 is 0. The van der Waals surface area contributed by atoms with Crippen molar-refractivity contribution in [2.24, 2.45) is 0 Å². The van der Waals surface area contributed by atoms with E-state index >= 15 is 0 Å². The van der Waals surface area contributed by atoms with Gasteiger partial charge in [-0.05, 0) is 54.1 Å². The highest BCUT2D eigenvalue weighted by atomic mass is 16.7. The Kier molecular flexibility index (Phi) is 4.82. The van der Waals surface area contributed by atoms with Gasteiger partial charge in [0.2, 0.25) is 6.79 Å². The molecule has 0 saturated carbocycles. The lowest BCUT2D eigenvalue weighted by molar-refractivity contribution is -0.140. The number of aliphatic hydroxyl groups excluding tert-OH is 1. The monoisotopic (exact) mass is 433 g/mol. The highest BCUT2D eigenvalue weighted by Gasteiger charge is 2.47. The van der Waals surface area contributed by atoms with Crippen LogP contribution in [0.2, 0.25) is 0 Å². The van der Waals surface area contributed by atoms with Gasteiger partial charge in [-0.2, -0.15) is 0 Å². The number of likely N-dealkylation sites (tertiary alicyclic amines) is 1. The van der Waals surface area contributed by atoms with Crippen LogP contribution in [0.1, 0.15) is 22.9 Å². The number of furan rings is 1. The van der Waals surface area contributed by atoms with Gasteiger partial charge in [-0.1, -0.05) is 6.07 Å². The van der Waals surface area contributed by atoms with Crippen molar-refractivity contribution in [3.63, 3.8) is 0 Å². The Labute approximate surface area is 183 Å². The van der Waals surface area contributed by atoms with Crippen molar-refractivity contribution >= 4 is 17.4 Å². The summed E-state index contributed by atoms with van der Waals surface area (Å²) in [7, 11) is 1.54. The minimum absolute atomic E-state index is 0.0316. The lowest BCUT2D eigenvalue weighted by Crippen LogP contribution is -2.29. The Hall–Kier alpha value is -4.20. The van der Waals surface area contributed by atoms with Crippen molar-refractivity contribution < 1.29 is 33.3 Å². The number of benzene rings is 2. The van der Waals surface area contributed by atoms with Crippen LogP contribution < -0.4 is 14.2 Å². The number of Topliss-reactive ketones (excluding diaryl/α,β-unsaturated/α-hetero) is 1. The highest BCUT2D eigenvalue weighted by molar-refractivity contribution is 6.46. The molecule has 162 valence electrons.